The van der Waals surface area contributed by atoms with Crippen molar-refractivity contribution in [2.75, 3.05) is 6.54 Å². The minimum absolute atomic E-state index is 0.262. The zero-order chi connectivity index (χ0) is 13.5. The molecule has 0 unspecified atom stereocenters. The average molecular weight is 250 g/mol. The highest BCUT2D eigenvalue weighted by atomic mass is 16.4. The number of nitrogens with zero attached hydrogens (tertiary/aromatic N) is 3. The Morgan fingerprint density at radius 2 is 2.22 bits per heavy atom. The summed E-state index contributed by atoms with van der Waals surface area (Å²) in [6.45, 7) is 7.77. The summed E-state index contributed by atoms with van der Waals surface area (Å²) < 4.78 is 0. The molecule has 100 valence electrons. The predicted molar refractivity (Wildman–Crippen MR) is 72.5 cm³/mol. The van der Waals surface area contributed by atoms with Crippen molar-refractivity contribution in [2.24, 2.45) is 10.9 Å². The first-order valence-electron chi connectivity index (χ1n) is 6.16. The van der Waals surface area contributed by atoms with E-state index in [1.807, 2.05) is 25.1 Å². The molecule has 0 saturated carbocycles. The number of hydrogen-bond acceptors (Lipinski definition) is 4. The molecule has 0 aromatic carbocycles. The van der Waals surface area contributed by atoms with Crippen molar-refractivity contribution in [1.29, 1.82) is 0 Å². The summed E-state index contributed by atoms with van der Waals surface area (Å²) in [5.41, 5.74) is 7.56. The zero-order valence-electron chi connectivity index (χ0n) is 11.3. The molecule has 0 bridgehead atoms. The number of oxime groups is 1. The number of nitrogens with two attached hydrogens (primary N) is 1. The molecule has 1 rings (SSSR count). The Morgan fingerprint density at radius 3 is 2.78 bits per heavy atom. The van der Waals surface area contributed by atoms with E-state index in [0.29, 0.717) is 12.5 Å². The van der Waals surface area contributed by atoms with Gasteiger partial charge in [0.25, 0.3) is 0 Å². The molecular weight excluding hydrogens is 228 g/mol. The van der Waals surface area contributed by atoms with Gasteiger partial charge in [-0.1, -0.05) is 11.2 Å². The maximum atomic E-state index is 8.54. The maximum absolute atomic E-state index is 8.54. The van der Waals surface area contributed by atoms with Gasteiger partial charge in [-0.25, -0.2) is 0 Å². The molecule has 0 amide bonds. The zero-order valence-corrected chi connectivity index (χ0v) is 11.3. The number of amidine groups is 1. The molecule has 0 radical (unpaired) electrons. The van der Waals surface area contributed by atoms with Gasteiger partial charge in [0, 0.05) is 31.2 Å². The summed E-state index contributed by atoms with van der Waals surface area (Å²) in [5.74, 6) is 0.262. The van der Waals surface area contributed by atoms with Crippen molar-refractivity contribution >= 4 is 5.84 Å². The van der Waals surface area contributed by atoms with Gasteiger partial charge < -0.3 is 10.9 Å². The lowest BCUT2D eigenvalue weighted by molar-refractivity contribution is 0.215. The van der Waals surface area contributed by atoms with Crippen LogP contribution < -0.4 is 5.73 Å². The van der Waals surface area contributed by atoms with Crippen LogP contribution in [0.3, 0.4) is 0 Å². The molecule has 18 heavy (non-hydrogen) atoms. The molecular formula is C13H22N4O. The lowest BCUT2D eigenvalue weighted by Crippen LogP contribution is -2.33. The van der Waals surface area contributed by atoms with Crippen LogP contribution in [0.1, 0.15) is 31.7 Å². The Bertz CT molecular complexity index is 404. The Morgan fingerprint density at radius 1 is 1.50 bits per heavy atom. The lowest BCUT2D eigenvalue weighted by atomic mass is 10.2. The van der Waals surface area contributed by atoms with Crippen molar-refractivity contribution in [1.82, 2.24) is 9.88 Å². The first kappa shape index (κ1) is 14.4. The third kappa shape index (κ3) is 4.71. The van der Waals surface area contributed by atoms with Gasteiger partial charge in [-0.05, 0) is 32.9 Å². The van der Waals surface area contributed by atoms with Crippen molar-refractivity contribution in [2.45, 2.75) is 39.8 Å². The highest BCUT2D eigenvalue weighted by molar-refractivity contribution is 5.79. The lowest BCUT2D eigenvalue weighted by Gasteiger charge is -2.25. The topological polar surface area (TPSA) is 74.7 Å². The van der Waals surface area contributed by atoms with E-state index in [1.54, 1.807) is 0 Å². The maximum Gasteiger partial charge on any atom is 0.140 e. The molecule has 0 aliphatic rings. The minimum Gasteiger partial charge on any atom is -0.409 e. The van der Waals surface area contributed by atoms with Crippen LogP contribution in [0.25, 0.3) is 0 Å². The SMILES string of the molecule is Cc1cccc(CN(CCC(N)=NO)C(C)C)n1. The van der Waals surface area contributed by atoms with Gasteiger partial charge in [0.05, 0.1) is 5.69 Å². The third-order valence-corrected chi connectivity index (χ3v) is 2.82. The smallest absolute Gasteiger partial charge is 0.140 e. The largest absolute Gasteiger partial charge is 0.409 e. The molecule has 5 nitrogen and oxygen atoms in total. The van der Waals surface area contributed by atoms with Crippen LogP contribution in [-0.4, -0.2) is 33.5 Å². The monoisotopic (exact) mass is 250 g/mol. The molecule has 0 fully saturated rings. The van der Waals surface area contributed by atoms with Crippen LogP contribution in [0.4, 0.5) is 0 Å². The Balaban J connectivity index is 2.63. The van der Waals surface area contributed by atoms with Crippen LogP contribution in [0, 0.1) is 6.92 Å². The minimum atomic E-state index is 0.262. The summed E-state index contributed by atoms with van der Waals surface area (Å²) in [4.78, 5) is 6.74. The highest BCUT2D eigenvalue weighted by Crippen LogP contribution is 2.07. The molecule has 1 heterocycles. The Kier molecular flexibility index (Phi) is 5.58. The van der Waals surface area contributed by atoms with E-state index in [2.05, 4.69) is 28.9 Å². The number of aromatic nitrogens is 1. The van der Waals surface area contributed by atoms with Crippen molar-refractivity contribution in [3.63, 3.8) is 0 Å². The fourth-order valence-corrected chi connectivity index (χ4v) is 1.72. The molecule has 1 aromatic heterocycles. The Hall–Kier alpha value is -1.62. The summed E-state index contributed by atoms with van der Waals surface area (Å²) in [6, 6.07) is 6.41. The number of aryl methyl sites for hydroxylation is 1. The van der Waals surface area contributed by atoms with E-state index < -0.39 is 0 Å². The summed E-state index contributed by atoms with van der Waals surface area (Å²) in [5, 5.41) is 11.5. The van der Waals surface area contributed by atoms with E-state index in [4.69, 9.17) is 10.9 Å². The molecule has 0 aliphatic heterocycles. The Labute approximate surface area is 108 Å². The molecule has 5 heteroatoms. The van der Waals surface area contributed by atoms with Gasteiger partial charge >= 0.3 is 0 Å². The number of pyridine rings is 1. The van der Waals surface area contributed by atoms with Crippen LogP contribution >= 0.6 is 0 Å². The molecule has 0 atom stereocenters. The average Bonchev–Trinajstić information content (AvgIpc) is 2.33. The number of rotatable bonds is 6. The first-order valence-corrected chi connectivity index (χ1v) is 6.16. The van der Waals surface area contributed by atoms with Crippen LogP contribution in [0.5, 0.6) is 0 Å². The van der Waals surface area contributed by atoms with Gasteiger partial charge in [-0.3, -0.25) is 9.88 Å². The summed E-state index contributed by atoms with van der Waals surface area (Å²) in [7, 11) is 0. The van der Waals surface area contributed by atoms with Gasteiger partial charge in [0.1, 0.15) is 5.84 Å². The second-order valence-corrected chi connectivity index (χ2v) is 4.68. The van der Waals surface area contributed by atoms with E-state index in [-0.39, 0.29) is 5.84 Å². The molecule has 3 N–H and O–H groups in total. The summed E-state index contributed by atoms with van der Waals surface area (Å²) in [6.07, 6.45) is 0.556. The molecule has 0 saturated heterocycles. The predicted octanol–water partition coefficient (Wildman–Crippen LogP) is 1.74. The van der Waals surface area contributed by atoms with Crippen molar-refractivity contribution in [3.05, 3.63) is 29.6 Å². The molecule has 0 aliphatic carbocycles. The quantitative estimate of drug-likeness (QED) is 0.349. The molecule has 0 spiro atoms. The highest BCUT2D eigenvalue weighted by Gasteiger charge is 2.11. The van der Waals surface area contributed by atoms with Crippen molar-refractivity contribution < 1.29 is 5.21 Å². The normalized spacial score (nSPS) is 12.4. The third-order valence-electron chi connectivity index (χ3n) is 2.82. The van der Waals surface area contributed by atoms with Crippen LogP contribution in [0.15, 0.2) is 23.4 Å². The summed E-state index contributed by atoms with van der Waals surface area (Å²) >= 11 is 0. The van der Waals surface area contributed by atoms with E-state index in [1.165, 1.54) is 0 Å². The molecule has 1 aromatic rings. The fraction of sp³-hybridized carbons (Fsp3) is 0.538. The standard InChI is InChI=1S/C13H22N4O/c1-10(2)17(8-7-13(14)16-18)9-12-6-4-5-11(3)15-12/h4-6,10,18H,7-9H2,1-3H3,(H2,14,16). The van der Waals surface area contributed by atoms with Gasteiger partial charge in [-0.2, -0.15) is 0 Å². The number of hydrogen-bond donors (Lipinski definition) is 2. The van der Waals surface area contributed by atoms with E-state index in [9.17, 15) is 0 Å². The van der Waals surface area contributed by atoms with E-state index in [0.717, 1.165) is 24.5 Å². The van der Waals surface area contributed by atoms with Gasteiger partial charge in [0.15, 0.2) is 0 Å². The van der Waals surface area contributed by atoms with Crippen molar-refractivity contribution in [3.8, 4) is 0 Å². The van der Waals surface area contributed by atoms with Gasteiger partial charge in [-0.15, -0.1) is 0 Å². The first-order chi connectivity index (χ1) is 8.52. The second kappa shape index (κ2) is 6.96. The van der Waals surface area contributed by atoms with Crippen LogP contribution in [-0.2, 0) is 6.54 Å². The van der Waals surface area contributed by atoms with Gasteiger partial charge in [0.2, 0.25) is 0 Å². The van der Waals surface area contributed by atoms with E-state index >= 15 is 0 Å². The second-order valence-electron chi connectivity index (χ2n) is 4.68. The fourth-order valence-electron chi connectivity index (χ4n) is 1.72. The van der Waals surface area contributed by atoms with Crippen LogP contribution in [0.2, 0.25) is 0 Å².